The van der Waals surface area contributed by atoms with Crippen molar-refractivity contribution in [2.45, 2.75) is 38.9 Å². The fourth-order valence-corrected chi connectivity index (χ4v) is 2.60. The van der Waals surface area contributed by atoms with Gasteiger partial charge in [0, 0.05) is 3.58 Å². The van der Waals surface area contributed by atoms with Crippen LogP contribution >= 0.6 is 22.6 Å². The van der Waals surface area contributed by atoms with E-state index < -0.39 is 18.4 Å². The Bertz CT molecular complexity index is 396. The predicted molar refractivity (Wildman–Crippen MR) is 86.0 cm³/mol. The third-order valence-corrected chi connectivity index (χ3v) is 8.76. The van der Waals surface area contributed by atoms with Gasteiger partial charge in [-0.25, -0.2) is 0 Å². The summed E-state index contributed by atoms with van der Waals surface area (Å²) in [6.07, 6.45) is 2.91. The highest BCUT2D eigenvalue weighted by molar-refractivity contribution is 14.1. The van der Waals surface area contributed by atoms with Crippen molar-refractivity contribution >= 4 is 41.0 Å². The van der Waals surface area contributed by atoms with Gasteiger partial charge in [0.2, 0.25) is 0 Å². The molecule has 0 aliphatic rings. The van der Waals surface area contributed by atoms with Gasteiger partial charge >= 0.3 is 0 Å². The lowest BCUT2D eigenvalue weighted by molar-refractivity contribution is 0.324. The van der Waals surface area contributed by atoms with E-state index in [4.69, 9.17) is 8.61 Å². The second kappa shape index (κ2) is 6.82. The molecule has 0 radical (unpaired) electrons. The van der Waals surface area contributed by atoms with Gasteiger partial charge in [-0.15, -0.1) is 0 Å². The van der Waals surface area contributed by atoms with Gasteiger partial charge in [-0.2, -0.15) is 8.42 Å². The lowest BCUT2D eigenvalue weighted by Crippen LogP contribution is -2.40. The van der Waals surface area contributed by atoms with Crippen LogP contribution in [0.3, 0.4) is 0 Å². The molecule has 0 saturated heterocycles. The van der Waals surface area contributed by atoms with Gasteiger partial charge in [0.15, 0.2) is 8.32 Å². The molecular weight excluding hydrogens is 383 g/mol. The van der Waals surface area contributed by atoms with Crippen molar-refractivity contribution in [1.82, 2.24) is 0 Å². The minimum Gasteiger partial charge on any atom is -0.413 e. The highest BCUT2D eigenvalue weighted by Crippen LogP contribution is 2.36. The fraction of sp³-hybridized carbons (Fsp3) is 0.818. The first kappa shape index (κ1) is 18.6. The molecule has 108 valence electrons. The van der Waals surface area contributed by atoms with Gasteiger partial charge in [0.1, 0.15) is 0 Å². The standard InChI is InChI=1S/C11H23IO4SSi/c1-11(2,3)18(5,6)16-8-7-10(12)9-15-17(4,13)14/h7H,8-9H2,1-6H3/b10-7-. The fourth-order valence-electron chi connectivity index (χ4n) is 0.779. The Morgan fingerprint density at radius 1 is 1.33 bits per heavy atom. The number of hydrogen-bond donors (Lipinski definition) is 0. The maximum Gasteiger partial charge on any atom is 0.264 e. The molecule has 0 aliphatic carbocycles. The summed E-state index contributed by atoms with van der Waals surface area (Å²) in [5.74, 6) is 0. The topological polar surface area (TPSA) is 52.6 Å². The van der Waals surface area contributed by atoms with Gasteiger partial charge in [0.05, 0.1) is 19.5 Å². The van der Waals surface area contributed by atoms with Crippen LogP contribution in [0.2, 0.25) is 18.1 Å². The van der Waals surface area contributed by atoms with Crippen LogP contribution in [0.5, 0.6) is 0 Å². The van der Waals surface area contributed by atoms with Crippen LogP contribution in [-0.4, -0.2) is 36.2 Å². The summed E-state index contributed by atoms with van der Waals surface area (Å²) in [6, 6.07) is 0. The molecule has 0 rings (SSSR count). The van der Waals surface area contributed by atoms with E-state index in [0.717, 1.165) is 9.84 Å². The van der Waals surface area contributed by atoms with E-state index in [0.29, 0.717) is 6.61 Å². The molecule has 0 spiro atoms. The van der Waals surface area contributed by atoms with Gasteiger partial charge in [0.25, 0.3) is 10.1 Å². The Balaban J connectivity index is 4.25. The highest BCUT2D eigenvalue weighted by atomic mass is 127. The Morgan fingerprint density at radius 3 is 2.22 bits per heavy atom. The molecule has 0 aromatic carbocycles. The van der Waals surface area contributed by atoms with Crippen molar-refractivity contribution in [2.24, 2.45) is 0 Å². The lowest BCUT2D eigenvalue weighted by Gasteiger charge is -2.35. The Kier molecular flexibility index (Phi) is 7.04. The van der Waals surface area contributed by atoms with E-state index in [1.165, 1.54) is 0 Å². The molecule has 0 unspecified atom stereocenters. The van der Waals surface area contributed by atoms with Crippen molar-refractivity contribution < 1.29 is 17.0 Å². The minimum atomic E-state index is -3.37. The molecule has 0 heterocycles. The third-order valence-electron chi connectivity index (χ3n) is 2.97. The van der Waals surface area contributed by atoms with Gasteiger partial charge in [-0.05, 0) is 46.8 Å². The largest absolute Gasteiger partial charge is 0.413 e. The van der Waals surface area contributed by atoms with Crippen LogP contribution in [0, 0.1) is 0 Å². The molecule has 0 aliphatic heterocycles. The van der Waals surface area contributed by atoms with Gasteiger partial charge in [-0.3, -0.25) is 4.18 Å². The van der Waals surface area contributed by atoms with E-state index in [9.17, 15) is 8.42 Å². The molecule has 0 bridgehead atoms. The average Bonchev–Trinajstić information content (AvgIpc) is 2.11. The first-order chi connectivity index (χ1) is 7.85. The average molecular weight is 406 g/mol. The quantitative estimate of drug-likeness (QED) is 0.386. The van der Waals surface area contributed by atoms with E-state index in [1.807, 2.05) is 6.08 Å². The summed E-state index contributed by atoms with van der Waals surface area (Å²) in [5.41, 5.74) is 0. The van der Waals surface area contributed by atoms with E-state index >= 15 is 0 Å². The van der Waals surface area contributed by atoms with Crippen LogP contribution in [0.15, 0.2) is 9.66 Å². The lowest BCUT2D eigenvalue weighted by atomic mass is 10.2. The zero-order chi connectivity index (χ0) is 14.6. The molecule has 0 atom stereocenters. The van der Waals surface area contributed by atoms with Crippen molar-refractivity contribution in [3.8, 4) is 0 Å². The van der Waals surface area contributed by atoms with E-state index in [2.05, 4.69) is 56.5 Å². The molecular formula is C11H23IO4SSi. The Morgan fingerprint density at radius 2 is 1.83 bits per heavy atom. The maximum atomic E-state index is 10.8. The van der Waals surface area contributed by atoms with Crippen molar-refractivity contribution in [3.63, 3.8) is 0 Å². The summed E-state index contributed by atoms with van der Waals surface area (Å²) >= 11 is 2.06. The molecule has 18 heavy (non-hydrogen) atoms. The number of hydrogen-bond acceptors (Lipinski definition) is 4. The van der Waals surface area contributed by atoms with Gasteiger partial charge in [-0.1, -0.05) is 20.8 Å². The van der Waals surface area contributed by atoms with Crippen molar-refractivity contribution in [1.29, 1.82) is 0 Å². The Hall–Kier alpha value is 0.557. The summed E-state index contributed by atoms with van der Waals surface area (Å²) < 4.78 is 33.1. The molecule has 4 nitrogen and oxygen atoms in total. The van der Waals surface area contributed by atoms with Crippen molar-refractivity contribution in [3.05, 3.63) is 9.66 Å². The SMILES string of the molecule is CC(C)(C)[Si](C)(C)OC/C=C(\I)COS(C)(=O)=O. The third kappa shape index (κ3) is 7.88. The summed E-state index contributed by atoms with van der Waals surface area (Å²) in [5, 5.41) is 0.176. The van der Waals surface area contributed by atoms with Crippen LogP contribution < -0.4 is 0 Å². The second-order valence-corrected chi connectivity index (χ2v) is 13.5. The highest BCUT2D eigenvalue weighted by Gasteiger charge is 2.36. The first-order valence-electron chi connectivity index (χ1n) is 5.68. The monoisotopic (exact) mass is 406 g/mol. The maximum absolute atomic E-state index is 10.8. The van der Waals surface area contributed by atoms with Crippen LogP contribution in [-0.2, 0) is 18.7 Å². The minimum absolute atomic E-state index is 0.0836. The predicted octanol–water partition coefficient (Wildman–Crippen LogP) is 3.30. The number of rotatable bonds is 6. The van der Waals surface area contributed by atoms with Crippen LogP contribution in [0.4, 0.5) is 0 Å². The summed E-state index contributed by atoms with van der Waals surface area (Å²) in [6.45, 7) is 11.5. The number of halogens is 1. The Labute approximate surface area is 126 Å². The summed E-state index contributed by atoms with van der Waals surface area (Å²) in [4.78, 5) is 0. The molecule has 0 fully saturated rings. The van der Waals surface area contributed by atoms with Crippen LogP contribution in [0.1, 0.15) is 20.8 Å². The van der Waals surface area contributed by atoms with E-state index in [1.54, 1.807) is 0 Å². The zero-order valence-electron chi connectivity index (χ0n) is 11.9. The first-order valence-corrected chi connectivity index (χ1v) is 11.5. The normalized spacial score (nSPS) is 14.9. The summed E-state index contributed by atoms with van der Waals surface area (Å²) in [7, 11) is -5.11. The molecule has 0 N–H and O–H groups in total. The molecule has 0 aromatic heterocycles. The van der Waals surface area contributed by atoms with Crippen molar-refractivity contribution in [2.75, 3.05) is 19.5 Å². The molecule has 7 heteroatoms. The molecule has 0 saturated carbocycles. The zero-order valence-corrected chi connectivity index (χ0v) is 15.9. The van der Waals surface area contributed by atoms with Crippen LogP contribution in [0.25, 0.3) is 0 Å². The van der Waals surface area contributed by atoms with Gasteiger partial charge < -0.3 is 4.43 Å². The molecule has 0 aromatic rings. The second-order valence-electron chi connectivity index (χ2n) is 5.69. The molecule has 0 amide bonds. The van der Waals surface area contributed by atoms with E-state index in [-0.39, 0.29) is 11.6 Å². The smallest absolute Gasteiger partial charge is 0.264 e.